The van der Waals surface area contributed by atoms with Crippen LogP contribution in [0.15, 0.2) is 55.0 Å². The number of carbonyl (C=O) groups is 1. The molecule has 0 unspecified atom stereocenters. The number of halogens is 1. The molecule has 0 bridgehead atoms. The molecule has 142 valence electrons. The molecule has 1 saturated heterocycles. The Morgan fingerprint density at radius 1 is 1.14 bits per heavy atom. The quantitative estimate of drug-likeness (QED) is 0.693. The summed E-state index contributed by atoms with van der Waals surface area (Å²) in [7, 11) is 0. The molecule has 1 fully saturated rings. The Bertz CT molecular complexity index is 976. The van der Waals surface area contributed by atoms with Gasteiger partial charge < -0.3 is 4.90 Å². The maximum absolute atomic E-state index is 13.3. The van der Waals surface area contributed by atoms with Crippen molar-refractivity contribution in [3.05, 3.63) is 77.9 Å². The molecule has 1 amide bonds. The van der Waals surface area contributed by atoms with E-state index in [0.717, 1.165) is 35.4 Å². The van der Waals surface area contributed by atoms with Gasteiger partial charge >= 0.3 is 0 Å². The van der Waals surface area contributed by atoms with Crippen molar-refractivity contribution in [3.8, 4) is 11.1 Å². The van der Waals surface area contributed by atoms with Crippen molar-refractivity contribution in [2.24, 2.45) is 0 Å². The lowest BCUT2D eigenvalue weighted by Gasteiger charge is -2.32. The summed E-state index contributed by atoms with van der Waals surface area (Å²) in [5.41, 5.74) is 4.22. The lowest BCUT2D eigenvalue weighted by atomic mass is 9.92. The van der Waals surface area contributed by atoms with Gasteiger partial charge in [-0.3, -0.25) is 14.8 Å². The maximum atomic E-state index is 13.3. The molecular formula is C22H21FN4O. The van der Waals surface area contributed by atoms with E-state index < -0.39 is 0 Å². The standard InChI is InChI=1S/C22H21FN4O/c1-15-11-18(16-4-6-19(23)7-5-16)12-20(26-15)17-3-2-10-27(14-17)22(28)21-13-24-8-9-25-21/h4-9,11-13,17H,2-3,10,14H2,1H3/t17-/m1/s1. The second kappa shape index (κ2) is 7.84. The number of amides is 1. The first-order valence-corrected chi connectivity index (χ1v) is 9.40. The average molecular weight is 376 g/mol. The van der Waals surface area contributed by atoms with Crippen LogP contribution < -0.4 is 0 Å². The zero-order chi connectivity index (χ0) is 19.5. The normalized spacial score (nSPS) is 16.8. The van der Waals surface area contributed by atoms with Gasteiger partial charge in [0.15, 0.2) is 0 Å². The third kappa shape index (κ3) is 3.91. The molecular weight excluding hydrogens is 355 g/mol. The molecule has 3 aromatic rings. The van der Waals surface area contributed by atoms with Gasteiger partial charge in [-0.15, -0.1) is 0 Å². The third-order valence-corrected chi connectivity index (χ3v) is 5.06. The minimum Gasteiger partial charge on any atom is -0.337 e. The number of benzene rings is 1. The number of nitrogens with zero attached hydrogens (tertiary/aromatic N) is 4. The van der Waals surface area contributed by atoms with E-state index in [9.17, 15) is 9.18 Å². The first kappa shape index (κ1) is 18.2. The molecule has 5 nitrogen and oxygen atoms in total. The zero-order valence-corrected chi connectivity index (χ0v) is 15.7. The number of likely N-dealkylation sites (tertiary alicyclic amines) is 1. The Balaban J connectivity index is 1.58. The predicted octanol–water partition coefficient (Wildman–Crippen LogP) is 4.01. The Hall–Kier alpha value is -3.15. The third-order valence-electron chi connectivity index (χ3n) is 5.06. The van der Waals surface area contributed by atoms with Crippen LogP contribution in [0.1, 0.15) is 40.6 Å². The number of pyridine rings is 1. The summed E-state index contributed by atoms with van der Waals surface area (Å²) in [5.74, 6) is -0.183. The summed E-state index contributed by atoms with van der Waals surface area (Å²) in [5, 5.41) is 0. The summed E-state index contributed by atoms with van der Waals surface area (Å²) < 4.78 is 13.3. The van der Waals surface area contributed by atoms with Crippen molar-refractivity contribution in [1.82, 2.24) is 19.9 Å². The molecule has 1 aliphatic heterocycles. The molecule has 3 heterocycles. The van der Waals surface area contributed by atoms with Gasteiger partial charge in [0.1, 0.15) is 11.5 Å². The van der Waals surface area contributed by atoms with E-state index in [4.69, 9.17) is 4.98 Å². The van der Waals surface area contributed by atoms with Gasteiger partial charge in [0.05, 0.1) is 6.20 Å². The van der Waals surface area contributed by atoms with Crippen molar-refractivity contribution in [1.29, 1.82) is 0 Å². The molecule has 1 aromatic carbocycles. The molecule has 6 heteroatoms. The van der Waals surface area contributed by atoms with E-state index in [1.165, 1.54) is 24.5 Å². The number of hydrogen-bond donors (Lipinski definition) is 0. The Labute approximate surface area is 163 Å². The Morgan fingerprint density at radius 3 is 2.71 bits per heavy atom. The van der Waals surface area contributed by atoms with Gasteiger partial charge in [-0.25, -0.2) is 9.37 Å². The highest BCUT2D eigenvalue weighted by molar-refractivity contribution is 5.92. The van der Waals surface area contributed by atoms with Gasteiger partial charge in [-0.2, -0.15) is 0 Å². The van der Waals surface area contributed by atoms with Crippen LogP contribution in [-0.2, 0) is 0 Å². The maximum Gasteiger partial charge on any atom is 0.274 e. The highest BCUT2D eigenvalue weighted by Crippen LogP contribution is 2.30. The largest absolute Gasteiger partial charge is 0.337 e. The van der Waals surface area contributed by atoms with Gasteiger partial charge in [0.25, 0.3) is 5.91 Å². The van der Waals surface area contributed by atoms with Crippen LogP contribution in [0.2, 0.25) is 0 Å². The molecule has 0 saturated carbocycles. The van der Waals surface area contributed by atoms with Crippen LogP contribution in [0.5, 0.6) is 0 Å². The van der Waals surface area contributed by atoms with E-state index >= 15 is 0 Å². The van der Waals surface area contributed by atoms with Crippen LogP contribution in [-0.4, -0.2) is 38.8 Å². The molecule has 2 aromatic heterocycles. The first-order valence-electron chi connectivity index (χ1n) is 9.40. The molecule has 0 spiro atoms. The second-order valence-corrected chi connectivity index (χ2v) is 7.11. The highest BCUT2D eigenvalue weighted by atomic mass is 19.1. The first-order chi connectivity index (χ1) is 13.6. The average Bonchev–Trinajstić information content (AvgIpc) is 2.74. The van der Waals surface area contributed by atoms with E-state index in [1.807, 2.05) is 17.9 Å². The molecule has 0 radical (unpaired) electrons. The minimum atomic E-state index is -0.250. The van der Waals surface area contributed by atoms with Crippen molar-refractivity contribution in [3.63, 3.8) is 0 Å². The Morgan fingerprint density at radius 2 is 1.96 bits per heavy atom. The molecule has 0 N–H and O–H groups in total. The summed E-state index contributed by atoms with van der Waals surface area (Å²) in [6, 6.07) is 10.5. The number of rotatable bonds is 3. The predicted molar refractivity (Wildman–Crippen MR) is 104 cm³/mol. The fourth-order valence-corrected chi connectivity index (χ4v) is 3.69. The van der Waals surface area contributed by atoms with Crippen molar-refractivity contribution in [2.75, 3.05) is 13.1 Å². The van der Waals surface area contributed by atoms with Gasteiger partial charge in [0.2, 0.25) is 0 Å². The second-order valence-electron chi connectivity index (χ2n) is 7.11. The summed E-state index contributed by atoms with van der Waals surface area (Å²) >= 11 is 0. The molecule has 28 heavy (non-hydrogen) atoms. The summed E-state index contributed by atoms with van der Waals surface area (Å²) in [4.78, 5) is 27.4. The van der Waals surface area contributed by atoms with Crippen molar-refractivity contribution in [2.45, 2.75) is 25.7 Å². The lowest BCUT2D eigenvalue weighted by Crippen LogP contribution is -2.39. The number of hydrogen-bond acceptors (Lipinski definition) is 4. The van der Waals surface area contributed by atoms with Crippen molar-refractivity contribution >= 4 is 5.91 Å². The van der Waals surface area contributed by atoms with E-state index in [0.29, 0.717) is 18.8 Å². The molecule has 1 aliphatic rings. The Kier molecular flexibility index (Phi) is 5.10. The topological polar surface area (TPSA) is 59.0 Å². The van der Waals surface area contributed by atoms with Crippen LogP contribution in [0.4, 0.5) is 4.39 Å². The van der Waals surface area contributed by atoms with Crippen LogP contribution in [0, 0.1) is 12.7 Å². The number of aryl methyl sites for hydroxylation is 1. The van der Waals surface area contributed by atoms with E-state index in [2.05, 4.69) is 16.0 Å². The molecule has 4 rings (SSSR count). The van der Waals surface area contributed by atoms with Crippen LogP contribution in [0.25, 0.3) is 11.1 Å². The van der Waals surface area contributed by atoms with Gasteiger partial charge in [-0.05, 0) is 55.2 Å². The van der Waals surface area contributed by atoms with Gasteiger partial charge in [-0.1, -0.05) is 12.1 Å². The minimum absolute atomic E-state index is 0.0933. The number of piperidine rings is 1. The van der Waals surface area contributed by atoms with Crippen LogP contribution in [0.3, 0.4) is 0 Å². The van der Waals surface area contributed by atoms with Crippen molar-refractivity contribution < 1.29 is 9.18 Å². The number of aromatic nitrogens is 3. The fraction of sp³-hybridized carbons (Fsp3) is 0.273. The monoisotopic (exact) mass is 376 g/mol. The van der Waals surface area contributed by atoms with Gasteiger partial charge in [0, 0.05) is 42.8 Å². The van der Waals surface area contributed by atoms with E-state index in [-0.39, 0.29) is 17.6 Å². The van der Waals surface area contributed by atoms with Crippen LogP contribution >= 0.6 is 0 Å². The fourth-order valence-electron chi connectivity index (χ4n) is 3.69. The highest BCUT2D eigenvalue weighted by Gasteiger charge is 2.27. The smallest absolute Gasteiger partial charge is 0.274 e. The molecule has 0 aliphatic carbocycles. The zero-order valence-electron chi connectivity index (χ0n) is 15.7. The number of carbonyl (C=O) groups excluding carboxylic acids is 1. The summed E-state index contributed by atoms with van der Waals surface area (Å²) in [6.07, 6.45) is 6.49. The SMILES string of the molecule is Cc1cc(-c2ccc(F)cc2)cc([C@@H]2CCCN(C(=O)c3cnccn3)C2)n1. The van der Waals surface area contributed by atoms with E-state index in [1.54, 1.807) is 18.3 Å². The molecule has 1 atom stereocenters. The lowest BCUT2D eigenvalue weighted by molar-refractivity contribution is 0.0699. The summed E-state index contributed by atoms with van der Waals surface area (Å²) in [6.45, 7) is 3.28.